The molecule has 0 aromatic heterocycles. The van der Waals surface area contributed by atoms with Gasteiger partial charge in [-0.15, -0.1) is 0 Å². The first-order chi connectivity index (χ1) is 15.0. The number of anilines is 1. The molecule has 1 spiro atoms. The number of fused-ring (bicyclic) bond motifs is 1. The number of nitrogens with zero attached hydrogens (tertiary/aromatic N) is 1. The smallest absolute Gasteiger partial charge is 0.254 e. The molecule has 1 atom stereocenters. The Morgan fingerprint density at radius 2 is 1.94 bits per heavy atom. The van der Waals surface area contributed by atoms with E-state index >= 15 is 0 Å². The fourth-order valence-corrected chi connectivity index (χ4v) is 5.39. The summed E-state index contributed by atoms with van der Waals surface area (Å²) in [5, 5.41) is 3.47. The lowest BCUT2D eigenvalue weighted by atomic mass is 9.71. The van der Waals surface area contributed by atoms with Gasteiger partial charge in [0.1, 0.15) is 5.75 Å². The van der Waals surface area contributed by atoms with E-state index in [4.69, 9.17) is 21.1 Å². The highest BCUT2D eigenvalue weighted by molar-refractivity contribution is 6.32. The Hall–Kier alpha value is -2.57. The molecule has 2 amide bonds. The fourth-order valence-electron chi connectivity index (χ4n) is 5.13. The molecule has 1 aliphatic heterocycles. The second-order valence-electron chi connectivity index (χ2n) is 8.12. The van der Waals surface area contributed by atoms with Crippen LogP contribution in [0.5, 0.6) is 5.75 Å². The summed E-state index contributed by atoms with van der Waals surface area (Å²) in [5.74, 6) is -0.0792. The van der Waals surface area contributed by atoms with Crippen molar-refractivity contribution in [1.29, 1.82) is 0 Å². The molecule has 1 heterocycles. The Kier molecular flexibility index (Phi) is 6.21. The number of rotatable bonds is 6. The average Bonchev–Trinajstić information content (AvgIpc) is 3.23. The molecule has 1 fully saturated rings. The van der Waals surface area contributed by atoms with E-state index in [2.05, 4.69) is 5.32 Å². The number of carbonyl (C=O) groups is 2. The highest BCUT2D eigenvalue weighted by Gasteiger charge is 2.55. The van der Waals surface area contributed by atoms with Crippen LogP contribution in [-0.2, 0) is 9.53 Å². The van der Waals surface area contributed by atoms with Gasteiger partial charge < -0.3 is 19.7 Å². The van der Waals surface area contributed by atoms with Crippen LogP contribution in [0.4, 0.5) is 5.69 Å². The first-order valence-electron chi connectivity index (χ1n) is 10.6. The van der Waals surface area contributed by atoms with Crippen molar-refractivity contribution in [3.8, 4) is 5.75 Å². The number of benzene rings is 2. The molecule has 0 saturated heterocycles. The topological polar surface area (TPSA) is 67.9 Å². The van der Waals surface area contributed by atoms with Crippen LogP contribution in [0.1, 0.15) is 47.5 Å². The van der Waals surface area contributed by atoms with Crippen molar-refractivity contribution in [1.82, 2.24) is 4.90 Å². The second kappa shape index (κ2) is 8.89. The van der Waals surface area contributed by atoms with E-state index in [-0.39, 0.29) is 11.8 Å². The van der Waals surface area contributed by atoms with Crippen molar-refractivity contribution in [2.45, 2.75) is 37.1 Å². The Morgan fingerprint density at radius 1 is 1.19 bits per heavy atom. The van der Waals surface area contributed by atoms with Crippen molar-refractivity contribution in [3.63, 3.8) is 0 Å². The third-order valence-electron chi connectivity index (χ3n) is 6.49. The number of halogens is 1. The normalized spacial score (nSPS) is 19.4. The van der Waals surface area contributed by atoms with E-state index in [1.165, 1.54) is 0 Å². The van der Waals surface area contributed by atoms with Crippen LogP contribution in [0, 0.1) is 0 Å². The molecule has 0 radical (unpaired) electrons. The van der Waals surface area contributed by atoms with Crippen LogP contribution >= 0.6 is 11.6 Å². The van der Waals surface area contributed by atoms with Gasteiger partial charge in [0.25, 0.3) is 5.91 Å². The van der Waals surface area contributed by atoms with Gasteiger partial charge in [-0.05, 0) is 42.7 Å². The van der Waals surface area contributed by atoms with Gasteiger partial charge in [0.2, 0.25) is 5.91 Å². The van der Waals surface area contributed by atoms with Gasteiger partial charge in [-0.25, -0.2) is 0 Å². The van der Waals surface area contributed by atoms with Gasteiger partial charge >= 0.3 is 0 Å². The zero-order valence-electron chi connectivity index (χ0n) is 17.8. The number of hydrogen-bond donors (Lipinski definition) is 1. The molecule has 2 aromatic carbocycles. The second-order valence-corrected chi connectivity index (χ2v) is 8.53. The summed E-state index contributed by atoms with van der Waals surface area (Å²) < 4.78 is 10.5. The van der Waals surface area contributed by atoms with Crippen LogP contribution in [0.2, 0.25) is 5.02 Å². The lowest BCUT2D eigenvalue weighted by molar-refractivity contribution is -0.121. The number of hydrogen-bond acceptors (Lipinski definition) is 4. The summed E-state index contributed by atoms with van der Waals surface area (Å²) in [5.41, 5.74) is 1.43. The minimum Gasteiger partial charge on any atom is -0.495 e. The molecule has 0 bridgehead atoms. The van der Waals surface area contributed by atoms with Gasteiger partial charge in [-0.2, -0.15) is 0 Å². The molecule has 2 aromatic rings. The molecule has 0 unspecified atom stereocenters. The predicted molar refractivity (Wildman–Crippen MR) is 120 cm³/mol. The standard InChI is InChI=1S/C24H27ClN2O4/c1-30-14-13-27-23(29)18-8-4-3-7-17(18)21(24(27)11-5-6-12-24)22(28)26-16-9-10-20(31-2)19(25)15-16/h3-4,7-10,15,21H,5-6,11-14H2,1-2H3,(H,26,28)/t21-/m0/s1. The SMILES string of the molecule is COCCN1C(=O)c2ccccc2[C@@H](C(=O)Nc2ccc(OC)c(Cl)c2)C12CCCC2. The first-order valence-corrected chi connectivity index (χ1v) is 10.9. The van der Waals surface area contributed by atoms with E-state index < -0.39 is 11.5 Å². The third-order valence-corrected chi connectivity index (χ3v) is 6.79. The van der Waals surface area contributed by atoms with Crippen LogP contribution < -0.4 is 10.1 Å². The Labute approximate surface area is 187 Å². The predicted octanol–water partition coefficient (Wildman–Crippen LogP) is 4.49. The maximum Gasteiger partial charge on any atom is 0.254 e. The third kappa shape index (κ3) is 3.79. The van der Waals surface area contributed by atoms with E-state index in [0.717, 1.165) is 31.2 Å². The minimum absolute atomic E-state index is 0.0221. The van der Waals surface area contributed by atoms with Crippen LogP contribution in [0.3, 0.4) is 0 Å². The van der Waals surface area contributed by atoms with Crippen LogP contribution in [0.15, 0.2) is 42.5 Å². The monoisotopic (exact) mass is 442 g/mol. The van der Waals surface area contributed by atoms with E-state index in [9.17, 15) is 9.59 Å². The lowest BCUT2D eigenvalue weighted by Crippen LogP contribution is -2.60. The van der Waals surface area contributed by atoms with Crippen molar-refractivity contribution in [3.05, 3.63) is 58.6 Å². The van der Waals surface area contributed by atoms with Gasteiger partial charge in [-0.1, -0.05) is 42.6 Å². The fraction of sp³-hybridized carbons (Fsp3) is 0.417. The summed E-state index contributed by atoms with van der Waals surface area (Å²) in [6.07, 6.45) is 3.55. The summed E-state index contributed by atoms with van der Waals surface area (Å²) >= 11 is 6.26. The Morgan fingerprint density at radius 3 is 2.61 bits per heavy atom. The zero-order valence-corrected chi connectivity index (χ0v) is 18.6. The minimum atomic E-state index is -0.551. The molecule has 31 heavy (non-hydrogen) atoms. The van der Waals surface area contributed by atoms with Gasteiger partial charge in [0.05, 0.1) is 30.2 Å². The largest absolute Gasteiger partial charge is 0.495 e. The number of carbonyl (C=O) groups excluding carboxylic acids is 2. The molecule has 164 valence electrons. The quantitative estimate of drug-likeness (QED) is 0.715. The van der Waals surface area contributed by atoms with Crippen molar-refractivity contribution < 1.29 is 19.1 Å². The summed E-state index contributed by atoms with van der Waals surface area (Å²) in [4.78, 5) is 29.0. The van der Waals surface area contributed by atoms with E-state index in [0.29, 0.717) is 35.2 Å². The Bertz CT molecular complexity index is 987. The molecular weight excluding hydrogens is 416 g/mol. The molecule has 6 nitrogen and oxygen atoms in total. The molecule has 2 aliphatic rings. The first kappa shape index (κ1) is 21.7. The molecular formula is C24H27ClN2O4. The maximum atomic E-state index is 13.7. The molecule has 7 heteroatoms. The number of amides is 2. The van der Waals surface area contributed by atoms with E-state index in [1.54, 1.807) is 32.4 Å². The van der Waals surface area contributed by atoms with Crippen molar-refractivity contribution in [2.24, 2.45) is 0 Å². The number of nitrogens with one attached hydrogen (secondary N) is 1. The van der Waals surface area contributed by atoms with Crippen molar-refractivity contribution in [2.75, 3.05) is 32.7 Å². The number of methoxy groups -OCH3 is 2. The highest BCUT2D eigenvalue weighted by atomic mass is 35.5. The lowest BCUT2D eigenvalue weighted by Gasteiger charge is -2.50. The average molecular weight is 443 g/mol. The molecule has 1 N–H and O–H groups in total. The van der Waals surface area contributed by atoms with Gasteiger partial charge in [0.15, 0.2) is 0 Å². The molecule has 1 saturated carbocycles. The van der Waals surface area contributed by atoms with Crippen molar-refractivity contribution >= 4 is 29.1 Å². The van der Waals surface area contributed by atoms with E-state index in [1.807, 2.05) is 29.2 Å². The molecule has 1 aliphatic carbocycles. The van der Waals surface area contributed by atoms with Gasteiger partial charge in [0, 0.05) is 24.9 Å². The van der Waals surface area contributed by atoms with Gasteiger partial charge in [-0.3, -0.25) is 9.59 Å². The Balaban J connectivity index is 1.75. The summed E-state index contributed by atoms with van der Waals surface area (Å²) in [7, 11) is 3.18. The summed E-state index contributed by atoms with van der Waals surface area (Å²) in [6.45, 7) is 0.889. The summed E-state index contributed by atoms with van der Waals surface area (Å²) in [6, 6.07) is 12.6. The van der Waals surface area contributed by atoms with Crippen LogP contribution in [-0.4, -0.2) is 49.6 Å². The van der Waals surface area contributed by atoms with Crippen LogP contribution in [0.25, 0.3) is 0 Å². The maximum absolute atomic E-state index is 13.7. The zero-order chi connectivity index (χ0) is 22.0. The number of ether oxygens (including phenoxy) is 2. The molecule has 4 rings (SSSR count). The highest BCUT2D eigenvalue weighted by Crippen LogP contribution is 2.50.